The zero-order valence-corrected chi connectivity index (χ0v) is 12.6. The fourth-order valence-corrected chi connectivity index (χ4v) is 1.78. The number of aryl methyl sites for hydroxylation is 1. The van der Waals surface area contributed by atoms with Gasteiger partial charge in [0, 0.05) is 5.02 Å². The number of halogens is 2. The first kappa shape index (κ1) is 16.0. The van der Waals surface area contributed by atoms with Crippen LogP contribution in [0, 0.1) is 12.7 Å². The van der Waals surface area contributed by atoms with E-state index in [-0.39, 0.29) is 17.3 Å². The molecule has 0 bridgehead atoms. The lowest BCUT2D eigenvalue weighted by atomic mass is 10.2. The van der Waals surface area contributed by atoms with Crippen LogP contribution in [0.4, 0.5) is 10.1 Å². The molecule has 0 aliphatic carbocycles. The van der Waals surface area contributed by atoms with E-state index < -0.39 is 11.7 Å². The number of rotatable bonds is 5. The predicted molar refractivity (Wildman–Crippen MR) is 84.8 cm³/mol. The SMILES string of the molecule is Cc1ccc(/C=N\OCC(=O)Nc2ccc(Cl)cc2F)cc1. The van der Waals surface area contributed by atoms with Crippen molar-refractivity contribution in [3.63, 3.8) is 0 Å². The highest BCUT2D eigenvalue weighted by molar-refractivity contribution is 6.30. The molecule has 0 aliphatic rings. The molecule has 0 aliphatic heterocycles. The van der Waals surface area contributed by atoms with Crippen molar-refractivity contribution < 1.29 is 14.0 Å². The highest BCUT2D eigenvalue weighted by Gasteiger charge is 2.07. The van der Waals surface area contributed by atoms with E-state index in [1.54, 1.807) is 0 Å². The molecule has 0 radical (unpaired) electrons. The van der Waals surface area contributed by atoms with E-state index in [2.05, 4.69) is 10.5 Å². The van der Waals surface area contributed by atoms with Crippen LogP contribution in [0.2, 0.25) is 5.02 Å². The second kappa shape index (κ2) is 7.56. The van der Waals surface area contributed by atoms with Crippen LogP contribution in [0.15, 0.2) is 47.6 Å². The van der Waals surface area contributed by atoms with E-state index in [4.69, 9.17) is 16.4 Å². The molecule has 0 saturated heterocycles. The molecule has 1 N–H and O–H groups in total. The topological polar surface area (TPSA) is 50.7 Å². The summed E-state index contributed by atoms with van der Waals surface area (Å²) >= 11 is 5.63. The van der Waals surface area contributed by atoms with E-state index in [1.807, 2.05) is 31.2 Å². The van der Waals surface area contributed by atoms with Crippen molar-refractivity contribution in [2.24, 2.45) is 5.16 Å². The van der Waals surface area contributed by atoms with Crippen molar-refractivity contribution in [2.45, 2.75) is 6.92 Å². The number of hydrogen-bond acceptors (Lipinski definition) is 3. The van der Waals surface area contributed by atoms with Crippen LogP contribution < -0.4 is 5.32 Å². The molecule has 0 heterocycles. The Kier molecular flexibility index (Phi) is 5.49. The number of hydrogen-bond donors (Lipinski definition) is 1. The standard InChI is InChI=1S/C16H14ClFN2O2/c1-11-2-4-12(5-3-11)9-19-22-10-16(21)20-15-7-6-13(17)8-14(15)18/h2-9H,10H2,1H3,(H,20,21)/b19-9-. The Morgan fingerprint density at radius 1 is 1.32 bits per heavy atom. The Hall–Kier alpha value is -2.40. The van der Waals surface area contributed by atoms with Crippen LogP contribution in [0.1, 0.15) is 11.1 Å². The fraction of sp³-hybridized carbons (Fsp3) is 0.125. The normalized spacial score (nSPS) is 10.7. The van der Waals surface area contributed by atoms with E-state index in [9.17, 15) is 9.18 Å². The third-order valence-electron chi connectivity index (χ3n) is 2.75. The van der Waals surface area contributed by atoms with Gasteiger partial charge in [0.1, 0.15) is 5.82 Å². The predicted octanol–water partition coefficient (Wildman–Crippen LogP) is 3.78. The van der Waals surface area contributed by atoms with Gasteiger partial charge < -0.3 is 10.2 Å². The molecule has 22 heavy (non-hydrogen) atoms. The van der Waals surface area contributed by atoms with Gasteiger partial charge in [0.15, 0.2) is 6.61 Å². The quantitative estimate of drug-likeness (QED) is 0.673. The van der Waals surface area contributed by atoms with Crippen molar-refractivity contribution >= 4 is 29.4 Å². The minimum atomic E-state index is -0.607. The molecule has 2 aromatic rings. The average Bonchev–Trinajstić information content (AvgIpc) is 2.48. The molecule has 2 aromatic carbocycles. The molecule has 1 amide bonds. The summed E-state index contributed by atoms with van der Waals surface area (Å²) in [5.74, 6) is -1.12. The number of carbonyl (C=O) groups excluding carboxylic acids is 1. The molecule has 114 valence electrons. The molecule has 0 atom stereocenters. The van der Waals surface area contributed by atoms with Gasteiger partial charge in [-0.25, -0.2) is 4.39 Å². The van der Waals surface area contributed by atoms with Gasteiger partial charge in [-0.2, -0.15) is 0 Å². The van der Waals surface area contributed by atoms with Crippen LogP contribution >= 0.6 is 11.6 Å². The van der Waals surface area contributed by atoms with Crippen LogP contribution in [0.3, 0.4) is 0 Å². The van der Waals surface area contributed by atoms with E-state index in [1.165, 1.54) is 18.3 Å². The van der Waals surface area contributed by atoms with Crippen LogP contribution in [0.5, 0.6) is 0 Å². The number of amides is 1. The Morgan fingerprint density at radius 3 is 2.73 bits per heavy atom. The van der Waals surface area contributed by atoms with E-state index in [0.29, 0.717) is 0 Å². The van der Waals surface area contributed by atoms with Gasteiger partial charge in [-0.1, -0.05) is 46.6 Å². The summed E-state index contributed by atoms with van der Waals surface area (Å²) in [5, 5.41) is 6.32. The Bertz CT molecular complexity index is 687. The number of nitrogens with zero attached hydrogens (tertiary/aromatic N) is 1. The van der Waals surface area contributed by atoms with Gasteiger partial charge in [0.2, 0.25) is 0 Å². The summed E-state index contributed by atoms with van der Waals surface area (Å²) in [5.41, 5.74) is 2.04. The van der Waals surface area contributed by atoms with E-state index >= 15 is 0 Å². The first-order valence-corrected chi connectivity index (χ1v) is 6.89. The number of anilines is 1. The van der Waals surface area contributed by atoms with E-state index in [0.717, 1.165) is 17.2 Å². The lowest BCUT2D eigenvalue weighted by molar-refractivity contribution is -0.120. The van der Waals surface area contributed by atoms with Gasteiger partial charge in [-0.05, 0) is 30.7 Å². The van der Waals surface area contributed by atoms with Gasteiger partial charge in [-0.3, -0.25) is 4.79 Å². The van der Waals surface area contributed by atoms with Crippen LogP contribution in [0.25, 0.3) is 0 Å². The molecule has 0 unspecified atom stereocenters. The number of carbonyl (C=O) groups is 1. The van der Waals surface area contributed by atoms with Crippen LogP contribution in [-0.4, -0.2) is 18.7 Å². The summed E-state index contributed by atoms with van der Waals surface area (Å²) in [4.78, 5) is 16.5. The van der Waals surface area contributed by atoms with Crippen molar-refractivity contribution in [3.8, 4) is 0 Å². The number of nitrogens with one attached hydrogen (secondary N) is 1. The lowest BCUT2D eigenvalue weighted by Crippen LogP contribution is -2.17. The lowest BCUT2D eigenvalue weighted by Gasteiger charge is -2.05. The third kappa shape index (κ3) is 4.86. The van der Waals surface area contributed by atoms with Crippen molar-refractivity contribution in [1.82, 2.24) is 0 Å². The zero-order chi connectivity index (χ0) is 15.9. The smallest absolute Gasteiger partial charge is 0.265 e. The molecule has 0 saturated carbocycles. The second-order valence-corrected chi connectivity index (χ2v) is 5.03. The first-order chi connectivity index (χ1) is 10.5. The van der Waals surface area contributed by atoms with Crippen molar-refractivity contribution in [3.05, 3.63) is 64.4 Å². The maximum absolute atomic E-state index is 13.5. The van der Waals surface area contributed by atoms with Gasteiger partial charge in [-0.15, -0.1) is 0 Å². The molecule has 0 aromatic heterocycles. The highest BCUT2D eigenvalue weighted by Crippen LogP contribution is 2.18. The van der Waals surface area contributed by atoms with Crippen molar-refractivity contribution in [2.75, 3.05) is 11.9 Å². The third-order valence-corrected chi connectivity index (χ3v) is 2.99. The minimum absolute atomic E-state index is 0.0421. The minimum Gasteiger partial charge on any atom is -0.386 e. The summed E-state index contributed by atoms with van der Waals surface area (Å²) in [6, 6.07) is 11.6. The number of oxime groups is 1. The molecule has 4 nitrogen and oxygen atoms in total. The monoisotopic (exact) mass is 320 g/mol. The maximum Gasteiger partial charge on any atom is 0.265 e. The molecule has 0 spiro atoms. The Morgan fingerprint density at radius 2 is 2.05 bits per heavy atom. The number of benzene rings is 2. The first-order valence-electron chi connectivity index (χ1n) is 6.51. The average molecular weight is 321 g/mol. The fourth-order valence-electron chi connectivity index (χ4n) is 1.62. The second-order valence-electron chi connectivity index (χ2n) is 4.59. The largest absolute Gasteiger partial charge is 0.386 e. The maximum atomic E-state index is 13.5. The molecule has 2 rings (SSSR count). The molecular formula is C16H14ClFN2O2. The van der Waals surface area contributed by atoms with Crippen LogP contribution in [-0.2, 0) is 9.63 Å². The summed E-state index contributed by atoms with van der Waals surface area (Å²) < 4.78 is 13.5. The Balaban J connectivity index is 1.81. The molecule has 0 fully saturated rings. The zero-order valence-electron chi connectivity index (χ0n) is 11.8. The summed E-state index contributed by atoms with van der Waals surface area (Å²) in [6.45, 7) is 1.67. The summed E-state index contributed by atoms with van der Waals surface area (Å²) in [7, 11) is 0. The van der Waals surface area contributed by atoms with Gasteiger partial charge in [0.05, 0.1) is 11.9 Å². The highest BCUT2D eigenvalue weighted by atomic mass is 35.5. The molecular weight excluding hydrogens is 307 g/mol. The summed E-state index contributed by atoms with van der Waals surface area (Å²) in [6.07, 6.45) is 1.50. The Labute approximate surface area is 132 Å². The van der Waals surface area contributed by atoms with Gasteiger partial charge in [0.25, 0.3) is 5.91 Å². The molecule has 6 heteroatoms. The van der Waals surface area contributed by atoms with Gasteiger partial charge >= 0.3 is 0 Å². The van der Waals surface area contributed by atoms with Crippen molar-refractivity contribution in [1.29, 1.82) is 0 Å².